The Morgan fingerprint density at radius 2 is 1.13 bits per heavy atom. The average Bonchev–Trinajstić information content (AvgIpc) is 2.60. The maximum atomic E-state index is 3.58. The minimum atomic E-state index is 0.570. The number of anilines is 2. The van der Waals surface area contributed by atoms with Crippen molar-refractivity contribution in [3.8, 4) is 0 Å². The van der Waals surface area contributed by atoms with Crippen LogP contribution >= 0.6 is 0 Å². The molecule has 0 spiro atoms. The third-order valence-electron chi connectivity index (χ3n) is 4.50. The third-order valence-corrected chi connectivity index (χ3v) is 4.50. The molecule has 3 heteroatoms. The molecule has 114 valence electrons. The summed E-state index contributed by atoms with van der Waals surface area (Å²) in [5.41, 5.74) is 5.95. The van der Waals surface area contributed by atoms with Gasteiger partial charge in [0.25, 0.3) is 0 Å². The Hall–Kier alpha value is -2.62. The molecule has 1 aliphatic heterocycles. The van der Waals surface area contributed by atoms with Gasteiger partial charge < -0.3 is 5.32 Å². The number of hydrogen-bond donors (Lipinski definition) is 1. The fourth-order valence-corrected chi connectivity index (χ4v) is 3.58. The molecule has 3 aromatic carbocycles. The summed E-state index contributed by atoms with van der Waals surface area (Å²) in [7, 11) is 4.26. The molecule has 0 atom stereocenters. The maximum absolute atomic E-state index is 3.58. The van der Waals surface area contributed by atoms with E-state index in [1.54, 1.807) is 0 Å². The number of fused-ring (bicyclic) bond motifs is 2. The Labute approximate surface area is 137 Å². The van der Waals surface area contributed by atoms with Crippen molar-refractivity contribution in [1.82, 2.24) is 9.60 Å². The molecular weight excluding hydrogens is 282 g/mol. The number of para-hydroxylation sites is 5. The van der Waals surface area contributed by atoms with Crippen molar-refractivity contribution in [2.75, 3.05) is 19.4 Å². The number of nitrogens with one attached hydrogen (secondary N) is 1. The van der Waals surface area contributed by atoms with Gasteiger partial charge in [-0.3, -0.25) is 0 Å². The van der Waals surface area contributed by atoms with Crippen LogP contribution in [0.25, 0.3) is 0 Å². The molecule has 0 bridgehead atoms. The van der Waals surface area contributed by atoms with Gasteiger partial charge in [0.2, 0.25) is 0 Å². The van der Waals surface area contributed by atoms with Crippen LogP contribution in [0.3, 0.4) is 0 Å². The van der Waals surface area contributed by atoms with E-state index >= 15 is 0 Å². The van der Waals surface area contributed by atoms with E-state index in [0.717, 1.165) is 11.4 Å². The van der Waals surface area contributed by atoms with Gasteiger partial charge >= 0.3 is 0 Å². The second-order valence-corrected chi connectivity index (χ2v) is 5.98. The highest BCUT2D eigenvalue weighted by Crippen LogP contribution is 2.54. The van der Waals surface area contributed by atoms with Crippen LogP contribution in [0.5, 0.6) is 0 Å². The van der Waals surface area contributed by atoms with Gasteiger partial charge in [0, 0.05) is 38.4 Å². The largest absolute Gasteiger partial charge is 0.346 e. The number of nitrogens with zero attached hydrogens (tertiary/aromatic N) is 2. The van der Waals surface area contributed by atoms with Crippen molar-refractivity contribution in [1.29, 1.82) is 0 Å². The molecular formula is C20H20N3+. The quantitative estimate of drug-likeness (QED) is 0.655. The highest BCUT2D eigenvalue weighted by Gasteiger charge is 2.45. The van der Waals surface area contributed by atoms with E-state index in [2.05, 4.69) is 103 Å². The first-order valence-corrected chi connectivity index (χ1v) is 7.83. The summed E-state index contributed by atoms with van der Waals surface area (Å²) in [5, 5.41) is 5.84. The summed E-state index contributed by atoms with van der Waals surface area (Å²) in [6.07, 6.45) is 0. The fourth-order valence-electron chi connectivity index (χ4n) is 3.58. The third kappa shape index (κ3) is 1.91. The van der Waals surface area contributed by atoms with Crippen molar-refractivity contribution in [3.63, 3.8) is 0 Å². The lowest BCUT2D eigenvalue weighted by Gasteiger charge is -2.44. The predicted octanol–water partition coefficient (Wildman–Crippen LogP) is 5.19. The van der Waals surface area contributed by atoms with Crippen molar-refractivity contribution in [3.05, 3.63) is 78.9 Å². The van der Waals surface area contributed by atoms with Gasteiger partial charge in [-0.2, -0.15) is 0 Å². The van der Waals surface area contributed by atoms with E-state index in [-0.39, 0.29) is 0 Å². The van der Waals surface area contributed by atoms with Crippen LogP contribution in [0.4, 0.5) is 28.4 Å². The smallest absolute Gasteiger partial charge is 0.186 e. The van der Waals surface area contributed by atoms with E-state index in [9.17, 15) is 0 Å². The van der Waals surface area contributed by atoms with E-state index in [1.165, 1.54) is 17.1 Å². The lowest BCUT2D eigenvalue weighted by atomic mass is 10.1. The molecule has 0 aliphatic carbocycles. The monoisotopic (exact) mass is 302 g/mol. The van der Waals surface area contributed by atoms with E-state index in [0.29, 0.717) is 4.59 Å². The first kappa shape index (κ1) is 14.0. The van der Waals surface area contributed by atoms with Crippen molar-refractivity contribution < 1.29 is 0 Å². The van der Waals surface area contributed by atoms with Crippen molar-refractivity contribution >= 4 is 28.4 Å². The zero-order valence-electron chi connectivity index (χ0n) is 13.4. The Bertz CT molecular complexity index is 795. The zero-order valence-corrected chi connectivity index (χ0v) is 13.4. The molecule has 3 nitrogen and oxygen atoms in total. The van der Waals surface area contributed by atoms with Crippen molar-refractivity contribution in [2.24, 2.45) is 0 Å². The summed E-state index contributed by atoms with van der Waals surface area (Å²) in [4.78, 5) is 0. The van der Waals surface area contributed by atoms with Gasteiger partial charge in [-0.1, -0.05) is 42.5 Å². The molecule has 3 aromatic rings. The Kier molecular flexibility index (Phi) is 3.18. The summed E-state index contributed by atoms with van der Waals surface area (Å²) in [5.74, 6) is 0. The molecule has 0 unspecified atom stereocenters. The van der Waals surface area contributed by atoms with Gasteiger partial charge in [-0.25, -0.2) is 0 Å². The Morgan fingerprint density at radius 1 is 0.652 bits per heavy atom. The Balaban J connectivity index is 2.13. The van der Waals surface area contributed by atoms with Crippen LogP contribution in [0.2, 0.25) is 0 Å². The zero-order chi connectivity index (χ0) is 15.9. The number of benzene rings is 3. The van der Waals surface area contributed by atoms with Crippen molar-refractivity contribution in [2.45, 2.75) is 0 Å². The molecule has 0 amide bonds. The molecule has 0 saturated heterocycles. The van der Waals surface area contributed by atoms with Gasteiger partial charge in [0.1, 0.15) is 11.4 Å². The van der Waals surface area contributed by atoms with Gasteiger partial charge in [-0.15, -0.1) is 9.60 Å². The lowest BCUT2D eigenvalue weighted by molar-refractivity contribution is 0.163. The number of quaternary nitrogens is 1. The standard InChI is InChI=1S/C20H20N3/c1-22(2)23(16-10-4-3-5-11-16)19-14-8-6-12-17(19)21-18-13-7-9-15-20(18)23/h3-15,21H,1-2H3/q+1. The van der Waals surface area contributed by atoms with Gasteiger partial charge in [0.05, 0.1) is 0 Å². The molecule has 4 rings (SSSR count). The first-order valence-electron chi connectivity index (χ1n) is 7.83. The topological polar surface area (TPSA) is 15.3 Å². The second-order valence-electron chi connectivity index (χ2n) is 5.98. The molecule has 0 radical (unpaired) electrons. The molecule has 0 aromatic heterocycles. The van der Waals surface area contributed by atoms with E-state index in [1.807, 2.05) is 0 Å². The van der Waals surface area contributed by atoms with Crippen LogP contribution in [-0.2, 0) is 0 Å². The highest BCUT2D eigenvalue weighted by molar-refractivity contribution is 5.92. The normalized spacial score (nSPS) is 14.7. The van der Waals surface area contributed by atoms with E-state index < -0.39 is 0 Å². The molecule has 0 saturated carbocycles. The summed E-state index contributed by atoms with van der Waals surface area (Å²) < 4.78 is 0.570. The molecule has 1 heterocycles. The predicted molar refractivity (Wildman–Crippen MR) is 97.4 cm³/mol. The summed E-state index contributed by atoms with van der Waals surface area (Å²) >= 11 is 0. The van der Waals surface area contributed by atoms with Gasteiger partial charge in [-0.05, 0) is 12.1 Å². The first-order chi connectivity index (χ1) is 11.2. The number of rotatable bonds is 2. The second kappa shape index (κ2) is 5.23. The van der Waals surface area contributed by atoms with Crippen LogP contribution in [0.15, 0.2) is 78.9 Å². The maximum Gasteiger partial charge on any atom is 0.186 e. The lowest BCUT2D eigenvalue weighted by Crippen LogP contribution is -2.51. The minimum absolute atomic E-state index is 0.570. The van der Waals surface area contributed by atoms with Crippen LogP contribution in [0.1, 0.15) is 0 Å². The average molecular weight is 302 g/mol. The van der Waals surface area contributed by atoms with E-state index in [4.69, 9.17) is 0 Å². The SMILES string of the molecule is CN(C)[N+]1(c2ccccc2)c2ccccc2Nc2ccccc21. The summed E-state index contributed by atoms with van der Waals surface area (Å²) in [6, 6.07) is 27.7. The highest BCUT2D eigenvalue weighted by atomic mass is 15.8. The molecule has 1 N–H and O–H groups in total. The van der Waals surface area contributed by atoms with Crippen LogP contribution in [0, 0.1) is 0 Å². The molecule has 0 fully saturated rings. The Morgan fingerprint density at radius 3 is 1.65 bits per heavy atom. The van der Waals surface area contributed by atoms with Gasteiger partial charge in [0.15, 0.2) is 17.1 Å². The van der Waals surface area contributed by atoms with Crippen LogP contribution < -0.4 is 9.91 Å². The minimum Gasteiger partial charge on any atom is -0.346 e. The molecule has 23 heavy (non-hydrogen) atoms. The summed E-state index contributed by atoms with van der Waals surface area (Å²) in [6.45, 7) is 0. The molecule has 1 aliphatic rings. The number of hydrogen-bond acceptors (Lipinski definition) is 2. The fraction of sp³-hybridized carbons (Fsp3) is 0.100. The van der Waals surface area contributed by atoms with Crippen LogP contribution in [-0.4, -0.2) is 19.1 Å².